The van der Waals surface area contributed by atoms with Crippen LogP contribution in [0.4, 0.5) is 0 Å². The van der Waals surface area contributed by atoms with E-state index < -0.39 is 10.2 Å². The minimum absolute atomic E-state index is 0.476. The van der Waals surface area contributed by atoms with Crippen LogP contribution in [0, 0.1) is 10.2 Å². The van der Waals surface area contributed by atoms with E-state index in [4.69, 9.17) is 23.4 Å². The maximum absolute atomic E-state index is 8.49. The molecule has 0 saturated heterocycles. The van der Waals surface area contributed by atoms with Gasteiger partial charge in [0.25, 0.3) is 5.69 Å². The first-order chi connectivity index (χ1) is 13.2. The Labute approximate surface area is 165 Å². The molecule has 1 heterocycles. The minimum Gasteiger partial charge on any atom is -0.481 e. The van der Waals surface area contributed by atoms with Crippen molar-refractivity contribution in [3.63, 3.8) is 0 Å². The number of benzene rings is 2. The highest BCUT2D eigenvalue weighted by atomic mass is 35.7. The third kappa shape index (κ3) is 5.66. The second-order valence-electron chi connectivity index (χ2n) is 5.78. The number of ether oxygens (including phenoxy) is 1. The molecule has 148 valence electrons. The molecule has 0 radical (unpaired) electrons. The Hall–Kier alpha value is -2.68. The van der Waals surface area contributed by atoms with Gasteiger partial charge in [-0.25, -0.2) is 18.6 Å². The van der Waals surface area contributed by atoms with Crippen molar-refractivity contribution < 1.29 is 38.3 Å². The summed E-state index contributed by atoms with van der Waals surface area (Å²) in [5.41, 5.74) is 4.39. The summed E-state index contributed by atoms with van der Waals surface area (Å²) in [5.74, 6) is 0.882. The van der Waals surface area contributed by atoms with Crippen molar-refractivity contribution in [3.05, 3.63) is 73.3 Å². The number of halogens is 1. The van der Waals surface area contributed by atoms with Gasteiger partial charge >= 0.3 is 0 Å². The van der Waals surface area contributed by atoms with E-state index in [9.17, 15) is 0 Å². The SMILES string of the molecule is C=CCOc1c(-c2ccccc2)n(C)[n+](C)c1-c1ccccc1.[O-][Cl+3]([O-])([O-])[O-]. The lowest BCUT2D eigenvalue weighted by atomic mass is 10.1. The largest absolute Gasteiger partial charge is 0.481 e. The predicted molar refractivity (Wildman–Crippen MR) is 93.2 cm³/mol. The summed E-state index contributed by atoms with van der Waals surface area (Å²) in [7, 11) is -0.842. The van der Waals surface area contributed by atoms with Crippen molar-refractivity contribution in [2.75, 3.05) is 6.61 Å². The molecule has 3 rings (SSSR count). The fourth-order valence-corrected chi connectivity index (χ4v) is 2.81. The van der Waals surface area contributed by atoms with Gasteiger partial charge in [-0.05, 0) is 12.1 Å². The number of nitrogens with zero attached hydrogens (tertiary/aromatic N) is 2. The highest BCUT2D eigenvalue weighted by Gasteiger charge is 2.29. The highest BCUT2D eigenvalue weighted by Crippen LogP contribution is 2.37. The van der Waals surface area contributed by atoms with Crippen LogP contribution in [-0.4, -0.2) is 11.3 Å². The summed E-state index contributed by atoms with van der Waals surface area (Å²) < 4.78 is 44.3. The molecule has 0 atom stereocenters. The lowest BCUT2D eigenvalue weighted by molar-refractivity contribution is -2.00. The summed E-state index contributed by atoms with van der Waals surface area (Å²) in [5, 5.41) is 0. The Kier molecular flexibility index (Phi) is 7.33. The van der Waals surface area contributed by atoms with Gasteiger partial charge in [0.15, 0.2) is 12.7 Å². The lowest BCUT2D eigenvalue weighted by Gasteiger charge is -2.17. The van der Waals surface area contributed by atoms with Gasteiger partial charge in [0.1, 0.15) is 6.61 Å². The molecule has 0 spiro atoms. The minimum atomic E-state index is -4.94. The van der Waals surface area contributed by atoms with Gasteiger partial charge in [-0.15, -0.1) is 14.9 Å². The van der Waals surface area contributed by atoms with Crippen LogP contribution in [0.5, 0.6) is 5.75 Å². The summed E-state index contributed by atoms with van der Waals surface area (Å²) in [6.07, 6.45) is 1.77. The molecule has 0 aliphatic heterocycles. The number of hydrogen-bond acceptors (Lipinski definition) is 5. The van der Waals surface area contributed by atoms with Crippen molar-refractivity contribution in [2.45, 2.75) is 0 Å². The standard InChI is InChI=1S/C20H21N2O.ClHO4/c1-4-15-23-20-18(16-11-7-5-8-12-16)21(2)22(3)19(20)17-13-9-6-10-14-17;2-1(3,4)5/h4-14H,1,15H2,2-3H3;(H,2,3,4,5)/q+1;/p-1. The highest BCUT2D eigenvalue weighted by molar-refractivity contribution is 5.76. The van der Waals surface area contributed by atoms with E-state index in [1.54, 1.807) is 6.08 Å². The number of aromatic nitrogens is 2. The van der Waals surface area contributed by atoms with Gasteiger partial charge < -0.3 is 4.74 Å². The van der Waals surface area contributed by atoms with Crippen LogP contribution in [0.3, 0.4) is 0 Å². The van der Waals surface area contributed by atoms with Crippen LogP contribution < -0.4 is 28.1 Å². The Morgan fingerprint density at radius 2 is 1.43 bits per heavy atom. The molecule has 0 unspecified atom stereocenters. The van der Waals surface area contributed by atoms with E-state index in [1.807, 2.05) is 36.4 Å². The van der Waals surface area contributed by atoms with Crippen LogP contribution in [0.25, 0.3) is 22.5 Å². The first kappa shape index (κ1) is 21.6. The lowest BCUT2D eigenvalue weighted by Crippen LogP contribution is -2.68. The summed E-state index contributed by atoms with van der Waals surface area (Å²) in [6.45, 7) is 4.25. The second kappa shape index (κ2) is 9.50. The molecule has 0 N–H and O–H groups in total. The zero-order chi connectivity index (χ0) is 20.7. The number of hydrogen-bond donors (Lipinski definition) is 0. The average molecular weight is 405 g/mol. The molecule has 3 aromatic rings. The van der Waals surface area contributed by atoms with Gasteiger partial charge in [0.2, 0.25) is 5.75 Å². The van der Waals surface area contributed by atoms with Gasteiger partial charge in [-0.3, -0.25) is 0 Å². The molecule has 0 fully saturated rings. The summed E-state index contributed by atoms with van der Waals surface area (Å²) >= 11 is 0. The molecule has 2 aromatic carbocycles. The second-order valence-corrected chi connectivity index (χ2v) is 6.54. The zero-order valence-electron chi connectivity index (χ0n) is 15.6. The van der Waals surface area contributed by atoms with Crippen molar-refractivity contribution >= 4 is 0 Å². The predicted octanol–water partition coefficient (Wildman–Crippen LogP) is -1.01. The van der Waals surface area contributed by atoms with E-state index in [0.717, 1.165) is 28.3 Å². The molecule has 7 nitrogen and oxygen atoms in total. The van der Waals surface area contributed by atoms with E-state index in [2.05, 4.69) is 54.3 Å². The Bertz CT molecular complexity index is 837. The smallest absolute Gasteiger partial charge is 0.280 e. The Morgan fingerprint density at radius 3 is 1.89 bits per heavy atom. The van der Waals surface area contributed by atoms with Gasteiger partial charge in [-0.1, -0.05) is 61.2 Å². The monoisotopic (exact) mass is 404 g/mol. The number of rotatable bonds is 5. The van der Waals surface area contributed by atoms with Gasteiger partial charge in [0.05, 0.1) is 12.6 Å². The molecule has 0 bridgehead atoms. The van der Waals surface area contributed by atoms with Crippen LogP contribution >= 0.6 is 0 Å². The Balaban J connectivity index is 0.000000500. The third-order valence-corrected chi connectivity index (χ3v) is 3.97. The van der Waals surface area contributed by atoms with E-state index in [0.29, 0.717) is 6.61 Å². The fourth-order valence-electron chi connectivity index (χ4n) is 2.81. The topological polar surface area (TPSA) is 110 Å². The molecule has 0 aliphatic carbocycles. The fraction of sp³-hybridized carbons (Fsp3) is 0.150. The van der Waals surface area contributed by atoms with Crippen molar-refractivity contribution in [2.24, 2.45) is 14.1 Å². The van der Waals surface area contributed by atoms with Crippen molar-refractivity contribution in [3.8, 4) is 28.3 Å². The maximum Gasteiger partial charge on any atom is 0.280 e. The van der Waals surface area contributed by atoms with Gasteiger partial charge in [0, 0.05) is 5.56 Å². The van der Waals surface area contributed by atoms with Crippen LogP contribution in [-0.2, 0) is 14.1 Å². The normalized spacial score (nSPS) is 10.8. The molecule has 8 heteroatoms. The molecular weight excluding hydrogens is 384 g/mol. The average Bonchev–Trinajstić information content (AvgIpc) is 2.90. The molecule has 1 aromatic heterocycles. The molecule has 0 amide bonds. The van der Waals surface area contributed by atoms with Crippen molar-refractivity contribution in [1.82, 2.24) is 4.68 Å². The first-order valence-corrected chi connectivity index (χ1v) is 9.52. The summed E-state index contributed by atoms with van der Waals surface area (Å²) in [4.78, 5) is 0. The van der Waals surface area contributed by atoms with Crippen LogP contribution in [0.2, 0.25) is 0 Å². The zero-order valence-corrected chi connectivity index (χ0v) is 16.3. The third-order valence-electron chi connectivity index (χ3n) is 3.97. The summed E-state index contributed by atoms with van der Waals surface area (Å²) in [6, 6.07) is 20.6. The first-order valence-electron chi connectivity index (χ1n) is 8.29. The van der Waals surface area contributed by atoms with E-state index in [1.165, 1.54) is 0 Å². The van der Waals surface area contributed by atoms with Gasteiger partial charge in [-0.2, -0.15) is 4.68 Å². The van der Waals surface area contributed by atoms with Crippen LogP contribution in [0.1, 0.15) is 0 Å². The molecule has 0 aliphatic rings. The Morgan fingerprint density at radius 1 is 0.964 bits per heavy atom. The molecule has 0 saturated carbocycles. The quantitative estimate of drug-likeness (QED) is 0.400. The van der Waals surface area contributed by atoms with E-state index >= 15 is 0 Å². The molecular formula is C20H21ClN2O5. The van der Waals surface area contributed by atoms with Crippen LogP contribution in [0.15, 0.2) is 73.3 Å². The molecule has 28 heavy (non-hydrogen) atoms. The maximum atomic E-state index is 8.49. The van der Waals surface area contributed by atoms with Crippen molar-refractivity contribution in [1.29, 1.82) is 0 Å². The van der Waals surface area contributed by atoms with E-state index in [-0.39, 0.29) is 0 Å².